The van der Waals surface area contributed by atoms with Gasteiger partial charge in [0, 0.05) is 19.0 Å². The maximum atomic E-state index is 13.2. The van der Waals surface area contributed by atoms with Crippen molar-refractivity contribution < 1.29 is 22.8 Å². The van der Waals surface area contributed by atoms with Gasteiger partial charge in [0.05, 0.1) is 5.92 Å². The molecule has 7 heteroatoms. The molecule has 1 aromatic rings. The van der Waals surface area contributed by atoms with Gasteiger partial charge in [0.25, 0.3) is 0 Å². The van der Waals surface area contributed by atoms with Crippen LogP contribution in [0, 0.1) is 11.8 Å². The first-order valence-corrected chi connectivity index (χ1v) is 9.00. The number of hydrogen-bond donors (Lipinski definition) is 1. The normalized spacial score (nSPS) is 24.1. The zero-order valence-corrected chi connectivity index (χ0v) is 14.7. The van der Waals surface area contributed by atoms with E-state index in [-0.39, 0.29) is 18.7 Å². The summed E-state index contributed by atoms with van der Waals surface area (Å²) < 4.78 is 39.6. The highest BCUT2D eigenvalue weighted by molar-refractivity contribution is 5.88. The number of alkyl halides is 3. The third-order valence-electron chi connectivity index (χ3n) is 5.40. The number of halogens is 3. The lowest BCUT2D eigenvalue weighted by Crippen LogP contribution is -2.50. The van der Waals surface area contributed by atoms with Gasteiger partial charge in [0.2, 0.25) is 11.8 Å². The van der Waals surface area contributed by atoms with E-state index < -0.39 is 30.0 Å². The lowest BCUT2D eigenvalue weighted by molar-refractivity contribution is -0.198. The van der Waals surface area contributed by atoms with Crippen LogP contribution in [0.15, 0.2) is 24.3 Å². The van der Waals surface area contributed by atoms with Crippen LogP contribution in [0.2, 0.25) is 0 Å². The number of carbonyl (C=O) groups is 2. The molecular formula is C19H23F3N2O2. The van der Waals surface area contributed by atoms with Gasteiger partial charge >= 0.3 is 6.18 Å². The fourth-order valence-electron chi connectivity index (χ4n) is 3.98. The van der Waals surface area contributed by atoms with Gasteiger partial charge in [-0.15, -0.1) is 0 Å². The molecule has 3 rings (SSSR count). The second-order valence-electron chi connectivity index (χ2n) is 7.23. The van der Waals surface area contributed by atoms with Crippen LogP contribution in [0.25, 0.3) is 0 Å². The molecule has 0 radical (unpaired) electrons. The van der Waals surface area contributed by atoms with Crippen molar-refractivity contribution in [3.8, 4) is 0 Å². The largest absolute Gasteiger partial charge is 0.392 e. The standard InChI is InChI=1S/C19H23F3N2O2/c1-12(18(26)24-10-13-6-2-3-7-14(13)11-24)23-17(25)15-8-4-5-9-16(15)19(20,21)22/h2-3,6-7,12,15-16H,4-5,8-11H2,1H3,(H,23,25)/t12-,15+,16+/m0/s1. The third-order valence-corrected chi connectivity index (χ3v) is 5.40. The summed E-state index contributed by atoms with van der Waals surface area (Å²) >= 11 is 0. The Hall–Kier alpha value is -2.05. The molecule has 1 N–H and O–H groups in total. The molecule has 1 heterocycles. The Kier molecular flexibility index (Phi) is 5.25. The van der Waals surface area contributed by atoms with E-state index in [0.717, 1.165) is 11.1 Å². The summed E-state index contributed by atoms with van der Waals surface area (Å²) in [5.74, 6) is -3.65. The van der Waals surface area contributed by atoms with Gasteiger partial charge in [0.1, 0.15) is 6.04 Å². The Labute approximate surface area is 150 Å². The van der Waals surface area contributed by atoms with Crippen molar-refractivity contribution in [1.82, 2.24) is 10.2 Å². The number of rotatable bonds is 3. The van der Waals surface area contributed by atoms with Gasteiger partial charge in [-0.2, -0.15) is 13.2 Å². The van der Waals surface area contributed by atoms with Crippen LogP contribution in [0.5, 0.6) is 0 Å². The molecule has 3 atom stereocenters. The average Bonchev–Trinajstić information content (AvgIpc) is 3.04. The summed E-state index contributed by atoms with van der Waals surface area (Å²) in [6, 6.07) is 6.85. The Morgan fingerprint density at radius 1 is 1.12 bits per heavy atom. The smallest absolute Gasteiger partial charge is 0.344 e. The Morgan fingerprint density at radius 2 is 1.69 bits per heavy atom. The van der Waals surface area contributed by atoms with Gasteiger partial charge in [-0.05, 0) is 30.9 Å². The highest BCUT2D eigenvalue weighted by Crippen LogP contribution is 2.41. The maximum Gasteiger partial charge on any atom is 0.392 e. The molecule has 26 heavy (non-hydrogen) atoms. The summed E-state index contributed by atoms with van der Waals surface area (Å²) in [6.07, 6.45) is -3.10. The zero-order valence-electron chi connectivity index (χ0n) is 14.7. The van der Waals surface area contributed by atoms with Crippen molar-refractivity contribution in [2.75, 3.05) is 0 Å². The van der Waals surface area contributed by atoms with Gasteiger partial charge in [-0.25, -0.2) is 0 Å². The molecule has 142 valence electrons. The number of hydrogen-bond acceptors (Lipinski definition) is 2. The fraction of sp³-hybridized carbons (Fsp3) is 0.579. The number of carbonyl (C=O) groups excluding carboxylic acids is 2. The maximum absolute atomic E-state index is 13.2. The summed E-state index contributed by atoms with van der Waals surface area (Å²) in [5.41, 5.74) is 2.12. The van der Waals surface area contributed by atoms with Crippen molar-refractivity contribution in [3.05, 3.63) is 35.4 Å². The summed E-state index contributed by atoms with van der Waals surface area (Å²) in [5, 5.41) is 2.52. The minimum Gasteiger partial charge on any atom is -0.344 e. The SMILES string of the molecule is C[C@H](NC(=O)[C@@H]1CCCC[C@H]1C(F)(F)F)C(=O)N1Cc2ccccc2C1. The molecule has 1 aliphatic heterocycles. The monoisotopic (exact) mass is 368 g/mol. The van der Waals surface area contributed by atoms with E-state index in [1.807, 2.05) is 24.3 Å². The molecule has 1 saturated carbocycles. The number of nitrogens with one attached hydrogen (secondary N) is 1. The molecule has 1 fully saturated rings. The Balaban J connectivity index is 1.61. The lowest BCUT2D eigenvalue weighted by atomic mass is 9.78. The average molecular weight is 368 g/mol. The summed E-state index contributed by atoms with van der Waals surface area (Å²) in [7, 11) is 0. The van der Waals surface area contributed by atoms with Crippen LogP contribution in [-0.4, -0.2) is 28.9 Å². The summed E-state index contributed by atoms with van der Waals surface area (Å²) in [4.78, 5) is 26.6. The van der Waals surface area contributed by atoms with E-state index in [9.17, 15) is 22.8 Å². The predicted molar refractivity (Wildman–Crippen MR) is 89.8 cm³/mol. The molecule has 2 aliphatic rings. The number of amides is 2. The van der Waals surface area contributed by atoms with E-state index in [0.29, 0.717) is 25.9 Å². The molecule has 0 saturated heterocycles. The molecule has 1 aliphatic carbocycles. The van der Waals surface area contributed by atoms with Crippen LogP contribution >= 0.6 is 0 Å². The van der Waals surface area contributed by atoms with E-state index >= 15 is 0 Å². The molecule has 0 unspecified atom stereocenters. The highest BCUT2D eigenvalue weighted by atomic mass is 19.4. The van der Waals surface area contributed by atoms with Crippen molar-refractivity contribution in [2.45, 2.75) is 57.9 Å². The second kappa shape index (κ2) is 7.29. The minimum atomic E-state index is -4.38. The molecule has 4 nitrogen and oxygen atoms in total. The highest BCUT2D eigenvalue weighted by Gasteiger charge is 2.48. The molecule has 0 spiro atoms. The van der Waals surface area contributed by atoms with E-state index in [1.165, 1.54) is 6.92 Å². The zero-order chi connectivity index (χ0) is 18.9. The molecule has 1 aromatic carbocycles. The van der Waals surface area contributed by atoms with E-state index in [4.69, 9.17) is 0 Å². The predicted octanol–water partition coefficient (Wildman–Crippen LogP) is 3.40. The molecule has 2 amide bonds. The van der Waals surface area contributed by atoms with Crippen LogP contribution in [-0.2, 0) is 22.7 Å². The lowest BCUT2D eigenvalue weighted by Gasteiger charge is -2.33. The van der Waals surface area contributed by atoms with Crippen molar-refractivity contribution in [1.29, 1.82) is 0 Å². The van der Waals surface area contributed by atoms with Gasteiger partial charge in [-0.1, -0.05) is 37.1 Å². The van der Waals surface area contributed by atoms with Crippen LogP contribution < -0.4 is 5.32 Å². The van der Waals surface area contributed by atoms with Crippen molar-refractivity contribution in [2.24, 2.45) is 11.8 Å². The van der Waals surface area contributed by atoms with E-state index in [2.05, 4.69) is 5.32 Å². The van der Waals surface area contributed by atoms with Crippen molar-refractivity contribution >= 4 is 11.8 Å². The first-order chi connectivity index (χ1) is 12.3. The van der Waals surface area contributed by atoms with Crippen molar-refractivity contribution in [3.63, 3.8) is 0 Å². The fourth-order valence-corrected chi connectivity index (χ4v) is 3.98. The number of benzene rings is 1. The minimum absolute atomic E-state index is 0.0225. The van der Waals surface area contributed by atoms with Gasteiger partial charge in [-0.3, -0.25) is 9.59 Å². The van der Waals surface area contributed by atoms with Crippen LogP contribution in [0.4, 0.5) is 13.2 Å². The number of fused-ring (bicyclic) bond motifs is 1. The quantitative estimate of drug-likeness (QED) is 0.889. The van der Waals surface area contributed by atoms with Crippen LogP contribution in [0.1, 0.15) is 43.7 Å². The molecule has 0 aromatic heterocycles. The summed E-state index contributed by atoms with van der Waals surface area (Å²) in [6.45, 7) is 2.46. The third kappa shape index (κ3) is 3.86. The first-order valence-electron chi connectivity index (χ1n) is 9.00. The second-order valence-corrected chi connectivity index (χ2v) is 7.23. The van der Waals surface area contributed by atoms with Gasteiger partial charge in [0.15, 0.2) is 0 Å². The first kappa shape index (κ1) is 18.7. The van der Waals surface area contributed by atoms with Gasteiger partial charge < -0.3 is 10.2 Å². The van der Waals surface area contributed by atoms with E-state index in [1.54, 1.807) is 4.90 Å². The van der Waals surface area contributed by atoms with Crippen LogP contribution in [0.3, 0.4) is 0 Å². The molecule has 0 bridgehead atoms. The molecular weight excluding hydrogens is 345 g/mol. The number of nitrogens with zero attached hydrogens (tertiary/aromatic N) is 1. The Morgan fingerprint density at radius 3 is 2.27 bits per heavy atom. The Bertz CT molecular complexity index is 665. The topological polar surface area (TPSA) is 49.4 Å².